The van der Waals surface area contributed by atoms with E-state index in [4.69, 9.17) is 0 Å². The van der Waals surface area contributed by atoms with Crippen molar-refractivity contribution in [3.63, 3.8) is 0 Å². The fraction of sp³-hybridized carbons (Fsp3) is 0.444. The van der Waals surface area contributed by atoms with Gasteiger partial charge in [0, 0.05) is 11.3 Å². The van der Waals surface area contributed by atoms with Crippen LogP contribution < -0.4 is 0 Å². The van der Waals surface area contributed by atoms with Crippen LogP contribution in [0, 0.1) is 11.3 Å². The van der Waals surface area contributed by atoms with Crippen molar-refractivity contribution in [1.29, 1.82) is 0 Å². The standard InChI is InChI=1S/C9H9/c1-9-6-3-2-4-8(9)5-7-9/h4,6H,5,7H2,1H3. The molecule has 2 rings (SSSR count). The molecule has 0 aromatic heterocycles. The number of allylic oxidation sites excluding steroid dienone is 2. The Hall–Kier alpha value is -0.700. The summed E-state index contributed by atoms with van der Waals surface area (Å²) in [4.78, 5) is 0. The zero-order chi connectivity index (χ0) is 6.32. The second-order valence-corrected chi connectivity index (χ2v) is 3.02. The van der Waals surface area contributed by atoms with Crippen LogP contribution in [0.25, 0.3) is 0 Å². The van der Waals surface area contributed by atoms with E-state index in [0.29, 0.717) is 5.41 Å². The van der Waals surface area contributed by atoms with Crippen molar-refractivity contribution in [2.45, 2.75) is 19.8 Å². The van der Waals surface area contributed by atoms with Crippen LogP contribution in [0.1, 0.15) is 19.8 Å². The molecule has 9 heavy (non-hydrogen) atoms. The number of hydrogen-bond donors (Lipinski definition) is 0. The Labute approximate surface area is 55.6 Å². The Morgan fingerprint density at radius 3 is 2.78 bits per heavy atom. The van der Waals surface area contributed by atoms with Crippen LogP contribution in [-0.4, -0.2) is 0 Å². The lowest BCUT2D eigenvalue weighted by Crippen LogP contribution is -2.32. The van der Waals surface area contributed by atoms with Crippen LogP contribution in [0.3, 0.4) is 0 Å². The third-order valence-electron chi connectivity index (χ3n) is 2.37. The lowest BCUT2D eigenvalue weighted by atomic mass is 9.60. The molecule has 1 saturated carbocycles. The summed E-state index contributed by atoms with van der Waals surface area (Å²) in [6.45, 7) is 2.26. The molecule has 1 unspecified atom stereocenters. The van der Waals surface area contributed by atoms with Gasteiger partial charge >= 0.3 is 0 Å². The molecule has 0 saturated heterocycles. The summed E-state index contributed by atoms with van der Waals surface area (Å²) in [6, 6.07) is 0. The molecule has 1 atom stereocenters. The maximum absolute atomic E-state index is 3.01. The van der Waals surface area contributed by atoms with Crippen molar-refractivity contribution in [1.82, 2.24) is 0 Å². The zero-order valence-corrected chi connectivity index (χ0v) is 5.57. The highest BCUT2D eigenvalue weighted by molar-refractivity contribution is 5.33. The molecule has 0 heterocycles. The first-order chi connectivity index (χ1) is 4.31. The van der Waals surface area contributed by atoms with Gasteiger partial charge in [0.1, 0.15) is 0 Å². The molecule has 0 N–H and O–H groups in total. The maximum Gasteiger partial charge on any atom is 0.0164 e. The van der Waals surface area contributed by atoms with Crippen molar-refractivity contribution in [3.05, 3.63) is 29.5 Å². The van der Waals surface area contributed by atoms with E-state index in [1.807, 2.05) is 0 Å². The van der Waals surface area contributed by atoms with E-state index in [0.717, 1.165) is 0 Å². The van der Waals surface area contributed by atoms with E-state index >= 15 is 0 Å². The van der Waals surface area contributed by atoms with Crippen molar-refractivity contribution >= 4 is 0 Å². The van der Waals surface area contributed by atoms with Crippen LogP contribution in [0.2, 0.25) is 0 Å². The van der Waals surface area contributed by atoms with Gasteiger partial charge in [-0.05, 0) is 25.0 Å². The summed E-state index contributed by atoms with van der Waals surface area (Å²) in [5.74, 6) is 1.53. The third-order valence-corrected chi connectivity index (χ3v) is 2.37. The first-order valence-corrected chi connectivity index (χ1v) is 3.36. The maximum atomic E-state index is 3.01. The van der Waals surface area contributed by atoms with Crippen molar-refractivity contribution < 1.29 is 0 Å². The van der Waals surface area contributed by atoms with E-state index in [2.05, 4.69) is 30.5 Å². The summed E-state index contributed by atoms with van der Waals surface area (Å²) in [5, 5.41) is 0. The zero-order valence-electron chi connectivity index (χ0n) is 5.57. The lowest BCUT2D eigenvalue weighted by molar-refractivity contribution is 0.301. The molecule has 0 spiro atoms. The van der Waals surface area contributed by atoms with Gasteiger partial charge in [0.2, 0.25) is 0 Å². The first-order valence-electron chi connectivity index (χ1n) is 3.36. The summed E-state index contributed by atoms with van der Waals surface area (Å²) >= 11 is 0. The first kappa shape index (κ1) is 5.11. The summed E-state index contributed by atoms with van der Waals surface area (Å²) < 4.78 is 0. The van der Waals surface area contributed by atoms with E-state index in [9.17, 15) is 0 Å². The smallest absolute Gasteiger partial charge is 0.0164 e. The van der Waals surface area contributed by atoms with Gasteiger partial charge in [0.15, 0.2) is 0 Å². The molecule has 2 aliphatic carbocycles. The molecule has 45 valence electrons. The third kappa shape index (κ3) is 0.551. The molecule has 0 heteroatoms. The largest absolute Gasteiger partial charge is 0.0743 e. The van der Waals surface area contributed by atoms with Gasteiger partial charge in [0.25, 0.3) is 0 Å². The summed E-state index contributed by atoms with van der Waals surface area (Å²) in [7, 11) is 0. The van der Waals surface area contributed by atoms with E-state index in [1.54, 1.807) is 0 Å². The molecule has 0 aliphatic heterocycles. The predicted molar refractivity (Wildman–Crippen MR) is 36.8 cm³/mol. The van der Waals surface area contributed by atoms with Gasteiger partial charge in [-0.1, -0.05) is 18.4 Å². The van der Waals surface area contributed by atoms with Crippen molar-refractivity contribution in [2.75, 3.05) is 0 Å². The summed E-state index contributed by atoms with van der Waals surface area (Å²) in [5.41, 5.74) is 6.36. The molecule has 0 nitrogen and oxygen atoms in total. The fourth-order valence-corrected chi connectivity index (χ4v) is 1.40. The minimum atomic E-state index is 0.380. The monoisotopic (exact) mass is 117 g/mol. The average Bonchev–Trinajstić information content (AvgIpc) is 1.82. The van der Waals surface area contributed by atoms with Crippen LogP contribution >= 0.6 is 0 Å². The van der Waals surface area contributed by atoms with E-state index < -0.39 is 0 Å². The highest BCUT2D eigenvalue weighted by atomic mass is 14.4. The molecular formula is C9H9. The van der Waals surface area contributed by atoms with Gasteiger partial charge in [-0.25, -0.2) is 0 Å². The molecule has 2 aliphatic rings. The Bertz CT molecular complexity index is 224. The topological polar surface area (TPSA) is 0 Å². The van der Waals surface area contributed by atoms with E-state index in [1.165, 1.54) is 18.8 Å². The molecule has 0 amide bonds. The Morgan fingerprint density at radius 2 is 2.44 bits per heavy atom. The van der Waals surface area contributed by atoms with Crippen molar-refractivity contribution in [3.8, 4) is 0 Å². The van der Waals surface area contributed by atoms with Gasteiger partial charge in [0.05, 0.1) is 0 Å². The molecule has 0 bridgehead atoms. The van der Waals surface area contributed by atoms with Gasteiger partial charge in [-0.15, -0.1) is 0 Å². The van der Waals surface area contributed by atoms with Crippen LogP contribution in [-0.2, 0) is 0 Å². The van der Waals surface area contributed by atoms with Crippen LogP contribution in [0.4, 0.5) is 0 Å². The molecule has 1 fully saturated rings. The highest BCUT2D eigenvalue weighted by Crippen LogP contribution is 2.50. The minimum Gasteiger partial charge on any atom is -0.0743 e. The quantitative estimate of drug-likeness (QED) is 0.427. The van der Waals surface area contributed by atoms with Crippen LogP contribution in [0.15, 0.2) is 23.6 Å². The second-order valence-electron chi connectivity index (χ2n) is 3.02. The Morgan fingerprint density at radius 1 is 1.56 bits per heavy atom. The SMILES string of the molecule is CC12C=C=C=C[C]1CC2. The van der Waals surface area contributed by atoms with Gasteiger partial charge in [-0.3, -0.25) is 0 Å². The Balaban J connectivity index is 2.43. The molecule has 0 aromatic carbocycles. The molecular weight excluding hydrogens is 108 g/mol. The highest BCUT2D eigenvalue weighted by Gasteiger charge is 2.40. The number of hydrogen-bond acceptors (Lipinski definition) is 0. The fourth-order valence-electron chi connectivity index (χ4n) is 1.40. The lowest BCUT2D eigenvalue weighted by Gasteiger charge is -2.42. The predicted octanol–water partition coefficient (Wildman–Crippen LogP) is 2.24. The Kier molecular flexibility index (Phi) is 0.805. The molecule has 1 radical (unpaired) electrons. The number of rotatable bonds is 0. The normalized spacial score (nSPS) is 38.3. The van der Waals surface area contributed by atoms with E-state index in [-0.39, 0.29) is 0 Å². The minimum absolute atomic E-state index is 0.380. The van der Waals surface area contributed by atoms with Crippen molar-refractivity contribution in [2.24, 2.45) is 5.41 Å². The van der Waals surface area contributed by atoms with Crippen LogP contribution in [0.5, 0.6) is 0 Å². The van der Waals surface area contributed by atoms with Gasteiger partial charge < -0.3 is 0 Å². The van der Waals surface area contributed by atoms with Gasteiger partial charge in [-0.2, -0.15) is 0 Å². The number of fused-ring (bicyclic) bond motifs is 1. The summed E-state index contributed by atoms with van der Waals surface area (Å²) in [6.07, 6.45) is 6.77. The average molecular weight is 117 g/mol. The second kappa shape index (κ2) is 1.42. The molecule has 0 aromatic rings.